The van der Waals surface area contributed by atoms with Gasteiger partial charge in [0, 0.05) is 25.7 Å². The molecule has 0 aromatic carbocycles. The summed E-state index contributed by atoms with van der Waals surface area (Å²) < 4.78 is 0. The lowest BCUT2D eigenvalue weighted by atomic mass is 10.0. The number of aromatic nitrogens is 2. The van der Waals surface area contributed by atoms with Crippen LogP contribution >= 0.6 is 11.6 Å². The SMILES string of the molecule is Nc1ncnc(NC2CCN(CC3CCCC3)CC2)c1Cl. The minimum Gasteiger partial charge on any atom is -0.382 e. The molecular formula is C15H24ClN5. The van der Waals surface area contributed by atoms with E-state index in [0.717, 1.165) is 31.8 Å². The molecule has 3 N–H and O–H groups in total. The van der Waals surface area contributed by atoms with E-state index in [1.165, 1.54) is 38.6 Å². The van der Waals surface area contributed by atoms with E-state index in [0.29, 0.717) is 22.7 Å². The third-order valence-electron chi connectivity index (χ3n) is 4.74. The maximum Gasteiger partial charge on any atom is 0.150 e. The first kappa shape index (κ1) is 14.9. The topological polar surface area (TPSA) is 67.1 Å². The molecule has 3 rings (SSSR count). The maximum atomic E-state index is 6.13. The molecule has 1 aliphatic heterocycles. The second-order valence-electron chi connectivity index (χ2n) is 6.29. The monoisotopic (exact) mass is 309 g/mol. The summed E-state index contributed by atoms with van der Waals surface area (Å²) in [6, 6.07) is 0.427. The number of halogens is 1. The van der Waals surface area contributed by atoms with Crippen LogP contribution in [0.4, 0.5) is 11.6 Å². The molecule has 0 bridgehead atoms. The van der Waals surface area contributed by atoms with E-state index in [1.54, 1.807) is 0 Å². The number of piperidine rings is 1. The smallest absolute Gasteiger partial charge is 0.150 e. The molecule has 2 fully saturated rings. The Labute approximate surface area is 131 Å². The molecule has 2 heterocycles. The van der Waals surface area contributed by atoms with Gasteiger partial charge in [0.2, 0.25) is 0 Å². The fourth-order valence-electron chi connectivity index (χ4n) is 3.50. The summed E-state index contributed by atoms with van der Waals surface area (Å²) in [5.74, 6) is 1.94. The number of likely N-dealkylation sites (tertiary alicyclic amines) is 1. The maximum absolute atomic E-state index is 6.13. The summed E-state index contributed by atoms with van der Waals surface area (Å²) in [5, 5.41) is 3.85. The number of rotatable bonds is 4. The number of hydrogen-bond donors (Lipinski definition) is 2. The van der Waals surface area contributed by atoms with Gasteiger partial charge in [-0.05, 0) is 31.6 Å². The highest BCUT2D eigenvalue weighted by Crippen LogP contribution is 2.28. The van der Waals surface area contributed by atoms with Crippen LogP contribution in [0.5, 0.6) is 0 Å². The third-order valence-corrected chi connectivity index (χ3v) is 5.11. The quantitative estimate of drug-likeness (QED) is 0.895. The molecule has 1 aliphatic carbocycles. The van der Waals surface area contributed by atoms with Gasteiger partial charge in [0.1, 0.15) is 17.2 Å². The second kappa shape index (κ2) is 6.79. The van der Waals surface area contributed by atoms with Crippen LogP contribution in [0.15, 0.2) is 6.33 Å². The fraction of sp³-hybridized carbons (Fsp3) is 0.733. The van der Waals surface area contributed by atoms with Crippen molar-refractivity contribution in [1.82, 2.24) is 14.9 Å². The van der Waals surface area contributed by atoms with Crippen LogP contribution in [0, 0.1) is 5.92 Å². The van der Waals surface area contributed by atoms with Crippen molar-refractivity contribution >= 4 is 23.2 Å². The molecule has 1 saturated heterocycles. The zero-order valence-electron chi connectivity index (χ0n) is 12.4. The van der Waals surface area contributed by atoms with Crippen molar-refractivity contribution in [2.24, 2.45) is 5.92 Å². The number of nitrogens with one attached hydrogen (secondary N) is 1. The number of nitrogen functional groups attached to an aromatic ring is 1. The van der Waals surface area contributed by atoms with Gasteiger partial charge in [-0.25, -0.2) is 9.97 Å². The van der Waals surface area contributed by atoms with E-state index in [-0.39, 0.29) is 0 Å². The van der Waals surface area contributed by atoms with Crippen molar-refractivity contribution in [2.45, 2.75) is 44.6 Å². The van der Waals surface area contributed by atoms with Gasteiger partial charge in [0.05, 0.1) is 0 Å². The van der Waals surface area contributed by atoms with Crippen LogP contribution in [0.2, 0.25) is 5.02 Å². The van der Waals surface area contributed by atoms with Gasteiger partial charge in [0.15, 0.2) is 5.82 Å². The number of hydrogen-bond acceptors (Lipinski definition) is 5. The molecule has 1 saturated carbocycles. The minimum atomic E-state index is 0.341. The van der Waals surface area contributed by atoms with Crippen molar-refractivity contribution in [3.05, 3.63) is 11.3 Å². The first-order chi connectivity index (χ1) is 10.2. The van der Waals surface area contributed by atoms with Crippen LogP contribution in [0.1, 0.15) is 38.5 Å². The Morgan fingerprint density at radius 1 is 1.19 bits per heavy atom. The average Bonchev–Trinajstić information content (AvgIpc) is 2.99. The summed E-state index contributed by atoms with van der Waals surface area (Å²) in [4.78, 5) is 10.7. The first-order valence-electron chi connectivity index (χ1n) is 7.97. The van der Waals surface area contributed by atoms with E-state index in [2.05, 4.69) is 20.2 Å². The summed E-state index contributed by atoms with van der Waals surface area (Å²) in [6.07, 6.45) is 9.42. The lowest BCUT2D eigenvalue weighted by molar-refractivity contribution is 0.189. The summed E-state index contributed by atoms with van der Waals surface area (Å²) >= 11 is 6.13. The first-order valence-corrected chi connectivity index (χ1v) is 8.35. The normalized spacial score (nSPS) is 21.8. The summed E-state index contributed by atoms with van der Waals surface area (Å²) in [7, 11) is 0. The standard InChI is InChI=1S/C15H24ClN5/c16-13-14(17)18-10-19-15(13)20-12-5-7-21(8-6-12)9-11-3-1-2-4-11/h10-12H,1-9H2,(H3,17,18,19,20). The zero-order valence-corrected chi connectivity index (χ0v) is 13.1. The Kier molecular flexibility index (Phi) is 4.80. The lowest BCUT2D eigenvalue weighted by Gasteiger charge is -2.34. The molecule has 5 nitrogen and oxygen atoms in total. The van der Waals surface area contributed by atoms with Gasteiger partial charge in [-0.3, -0.25) is 0 Å². The van der Waals surface area contributed by atoms with Crippen molar-refractivity contribution < 1.29 is 0 Å². The Hall–Kier alpha value is -1.07. The summed E-state index contributed by atoms with van der Waals surface area (Å²) in [6.45, 7) is 3.60. The summed E-state index contributed by atoms with van der Waals surface area (Å²) in [5.41, 5.74) is 5.71. The molecule has 21 heavy (non-hydrogen) atoms. The average molecular weight is 310 g/mol. The van der Waals surface area contributed by atoms with E-state index < -0.39 is 0 Å². The molecular weight excluding hydrogens is 286 g/mol. The molecule has 2 aliphatic rings. The van der Waals surface area contributed by atoms with Gasteiger partial charge in [-0.1, -0.05) is 24.4 Å². The van der Waals surface area contributed by atoms with E-state index in [9.17, 15) is 0 Å². The Morgan fingerprint density at radius 2 is 1.90 bits per heavy atom. The van der Waals surface area contributed by atoms with E-state index in [1.807, 2.05) is 0 Å². The highest BCUT2D eigenvalue weighted by molar-refractivity contribution is 6.35. The minimum absolute atomic E-state index is 0.341. The molecule has 116 valence electrons. The highest BCUT2D eigenvalue weighted by Gasteiger charge is 2.24. The predicted octanol–water partition coefficient (Wildman–Crippen LogP) is 2.78. The van der Waals surface area contributed by atoms with Crippen LogP contribution < -0.4 is 11.1 Å². The largest absolute Gasteiger partial charge is 0.382 e. The molecule has 1 aromatic rings. The molecule has 1 aromatic heterocycles. The molecule has 0 amide bonds. The van der Waals surface area contributed by atoms with E-state index >= 15 is 0 Å². The van der Waals surface area contributed by atoms with Crippen LogP contribution in [-0.2, 0) is 0 Å². The Bertz CT molecular complexity index is 467. The van der Waals surface area contributed by atoms with Crippen LogP contribution in [0.3, 0.4) is 0 Å². The molecule has 0 radical (unpaired) electrons. The van der Waals surface area contributed by atoms with Gasteiger partial charge < -0.3 is 16.0 Å². The van der Waals surface area contributed by atoms with Gasteiger partial charge in [-0.2, -0.15) is 0 Å². The number of anilines is 2. The lowest BCUT2D eigenvalue weighted by Crippen LogP contribution is -2.41. The van der Waals surface area contributed by atoms with Crippen molar-refractivity contribution in [3.8, 4) is 0 Å². The molecule has 0 spiro atoms. The van der Waals surface area contributed by atoms with Crippen LogP contribution in [0.25, 0.3) is 0 Å². The predicted molar refractivity (Wildman–Crippen MR) is 86.5 cm³/mol. The van der Waals surface area contributed by atoms with Gasteiger partial charge in [0.25, 0.3) is 0 Å². The van der Waals surface area contributed by atoms with Crippen molar-refractivity contribution in [1.29, 1.82) is 0 Å². The Balaban J connectivity index is 1.48. The molecule has 0 atom stereocenters. The molecule has 0 unspecified atom stereocenters. The van der Waals surface area contributed by atoms with Crippen molar-refractivity contribution in [3.63, 3.8) is 0 Å². The number of nitrogens with two attached hydrogens (primary N) is 1. The van der Waals surface area contributed by atoms with Gasteiger partial charge >= 0.3 is 0 Å². The third kappa shape index (κ3) is 3.77. The number of nitrogens with zero attached hydrogens (tertiary/aromatic N) is 3. The Morgan fingerprint density at radius 3 is 2.62 bits per heavy atom. The van der Waals surface area contributed by atoms with E-state index in [4.69, 9.17) is 17.3 Å². The van der Waals surface area contributed by atoms with Crippen LogP contribution in [-0.4, -0.2) is 40.5 Å². The fourth-order valence-corrected chi connectivity index (χ4v) is 3.65. The second-order valence-corrected chi connectivity index (χ2v) is 6.67. The van der Waals surface area contributed by atoms with Crippen molar-refractivity contribution in [2.75, 3.05) is 30.7 Å². The van der Waals surface area contributed by atoms with Gasteiger partial charge in [-0.15, -0.1) is 0 Å². The zero-order chi connectivity index (χ0) is 14.7. The highest BCUT2D eigenvalue weighted by atomic mass is 35.5. The molecule has 6 heteroatoms.